The lowest BCUT2D eigenvalue weighted by Crippen LogP contribution is -2.27. The highest BCUT2D eigenvalue weighted by molar-refractivity contribution is 7.18. The van der Waals surface area contributed by atoms with Gasteiger partial charge >= 0.3 is 0 Å². The quantitative estimate of drug-likeness (QED) is 0.358. The lowest BCUT2D eigenvalue weighted by Gasteiger charge is -2.15. The first-order valence-electron chi connectivity index (χ1n) is 10.7. The van der Waals surface area contributed by atoms with Crippen LogP contribution in [-0.2, 0) is 4.74 Å². The molecule has 5 rings (SSSR count). The van der Waals surface area contributed by atoms with E-state index in [0.29, 0.717) is 24.3 Å². The molecule has 0 spiro atoms. The number of benzene rings is 2. The average molecular weight is 455 g/mol. The molecule has 0 aliphatic carbocycles. The molecule has 5 aromatic rings. The summed E-state index contributed by atoms with van der Waals surface area (Å²) in [5.41, 5.74) is 4.34. The number of rotatable bonds is 6. The standard InChI is InChI=1S/C27H22N2O3S/c1-32-15-13-28-26(30)21-10-6-5-9-20(21)23-17-22(18-7-3-2-4-8-18)27(31)29-14-11-19-12-16-33-25(19)24(23)29/h2-12,14,16-17H,13,15H2,1H3,(H,28,30). The third-order valence-corrected chi connectivity index (χ3v) is 6.62. The predicted octanol–water partition coefficient (Wildman–Crippen LogP) is 5.22. The lowest BCUT2D eigenvalue weighted by atomic mass is 9.95. The Balaban J connectivity index is 1.82. The molecule has 0 aliphatic heterocycles. The molecule has 164 valence electrons. The SMILES string of the molecule is COCCNC(=O)c1ccccc1-c1cc(-c2ccccc2)c(=O)n2ccc3ccsc3c12. The molecular formula is C27H22N2O3S. The van der Waals surface area contributed by atoms with Crippen molar-refractivity contribution in [3.8, 4) is 22.3 Å². The van der Waals surface area contributed by atoms with Crippen LogP contribution >= 0.6 is 11.3 Å². The molecule has 0 saturated carbocycles. The smallest absolute Gasteiger partial charge is 0.263 e. The van der Waals surface area contributed by atoms with Gasteiger partial charge in [0, 0.05) is 36.5 Å². The van der Waals surface area contributed by atoms with Gasteiger partial charge in [0.25, 0.3) is 11.5 Å². The second kappa shape index (κ2) is 9.02. The molecule has 1 N–H and O–H groups in total. The van der Waals surface area contributed by atoms with Crippen LogP contribution in [0.15, 0.2) is 89.2 Å². The van der Waals surface area contributed by atoms with E-state index in [9.17, 15) is 9.59 Å². The summed E-state index contributed by atoms with van der Waals surface area (Å²) in [7, 11) is 1.60. The molecule has 5 nitrogen and oxygen atoms in total. The molecule has 3 aromatic heterocycles. The van der Waals surface area contributed by atoms with Crippen molar-refractivity contribution in [1.29, 1.82) is 0 Å². The van der Waals surface area contributed by atoms with Crippen LogP contribution in [0, 0.1) is 0 Å². The highest BCUT2D eigenvalue weighted by atomic mass is 32.1. The molecule has 0 aliphatic rings. The minimum atomic E-state index is -0.174. The Bertz CT molecular complexity index is 1520. The summed E-state index contributed by atoms with van der Waals surface area (Å²) in [5.74, 6) is -0.174. The van der Waals surface area contributed by atoms with Gasteiger partial charge in [0.2, 0.25) is 0 Å². The molecule has 1 amide bonds. The number of nitrogens with one attached hydrogen (secondary N) is 1. The molecule has 3 heterocycles. The van der Waals surface area contributed by atoms with Crippen molar-refractivity contribution in [1.82, 2.24) is 9.72 Å². The van der Waals surface area contributed by atoms with Crippen molar-refractivity contribution in [3.63, 3.8) is 0 Å². The second-order valence-corrected chi connectivity index (χ2v) is 8.59. The van der Waals surface area contributed by atoms with Crippen LogP contribution in [0.4, 0.5) is 0 Å². The zero-order valence-electron chi connectivity index (χ0n) is 18.1. The number of fused-ring (bicyclic) bond motifs is 3. The lowest BCUT2D eigenvalue weighted by molar-refractivity contribution is 0.0938. The maximum atomic E-state index is 13.5. The third kappa shape index (κ3) is 3.84. The van der Waals surface area contributed by atoms with Crippen molar-refractivity contribution in [2.45, 2.75) is 0 Å². The molecule has 2 aromatic carbocycles. The number of amides is 1. The second-order valence-electron chi connectivity index (χ2n) is 7.68. The number of methoxy groups -OCH3 is 1. The number of nitrogens with zero attached hydrogens (tertiary/aromatic N) is 1. The molecule has 0 saturated heterocycles. The number of ether oxygens (including phenoxy) is 1. The first kappa shape index (κ1) is 21.1. The van der Waals surface area contributed by atoms with Gasteiger partial charge in [0.1, 0.15) is 0 Å². The fourth-order valence-corrected chi connectivity index (χ4v) is 5.06. The van der Waals surface area contributed by atoms with E-state index in [4.69, 9.17) is 4.74 Å². The molecule has 0 fully saturated rings. The fourth-order valence-electron chi connectivity index (χ4n) is 4.11. The Morgan fingerprint density at radius 2 is 1.76 bits per heavy atom. The monoisotopic (exact) mass is 454 g/mol. The van der Waals surface area contributed by atoms with Crippen LogP contribution in [0.25, 0.3) is 37.9 Å². The van der Waals surface area contributed by atoms with Gasteiger partial charge in [0.05, 0.1) is 16.8 Å². The molecule has 0 atom stereocenters. The van der Waals surface area contributed by atoms with E-state index >= 15 is 0 Å². The summed E-state index contributed by atoms with van der Waals surface area (Å²) >= 11 is 1.59. The average Bonchev–Trinajstić information content (AvgIpc) is 3.34. The highest BCUT2D eigenvalue weighted by Crippen LogP contribution is 2.36. The van der Waals surface area contributed by atoms with Gasteiger partial charge in [-0.1, -0.05) is 48.5 Å². The molecular weight excluding hydrogens is 432 g/mol. The van der Waals surface area contributed by atoms with E-state index in [2.05, 4.69) is 5.32 Å². The number of hydrogen-bond donors (Lipinski definition) is 1. The van der Waals surface area contributed by atoms with Crippen molar-refractivity contribution < 1.29 is 9.53 Å². The van der Waals surface area contributed by atoms with Crippen molar-refractivity contribution in [3.05, 3.63) is 100 Å². The van der Waals surface area contributed by atoms with Crippen LogP contribution in [0.1, 0.15) is 10.4 Å². The Morgan fingerprint density at radius 1 is 0.970 bits per heavy atom. The van der Waals surface area contributed by atoms with E-state index in [1.54, 1.807) is 22.8 Å². The van der Waals surface area contributed by atoms with Crippen LogP contribution in [-0.4, -0.2) is 30.6 Å². The Hall–Kier alpha value is -3.74. The largest absolute Gasteiger partial charge is 0.383 e. The Labute approximate surface area is 194 Å². The van der Waals surface area contributed by atoms with Gasteiger partial charge in [-0.3, -0.25) is 14.0 Å². The number of thiophene rings is 1. The van der Waals surface area contributed by atoms with E-state index in [1.807, 2.05) is 84.4 Å². The van der Waals surface area contributed by atoms with E-state index in [1.165, 1.54) is 0 Å². The summed E-state index contributed by atoms with van der Waals surface area (Å²) < 4.78 is 7.78. The number of pyridine rings is 2. The normalized spacial score (nSPS) is 11.2. The summed E-state index contributed by atoms with van der Waals surface area (Å²) in [5, 5.41) is 6.00. The fraction of sp³-hybridized carbons (Fsp3) is 0.111. The van der Waals surface area contributed by atoms with Gasteiger partial charge in [0.15, 0.2) is 0 Å². The van der Waals surface area contributed by atoms with E-state index in [-0.39, 0.29) is 11.5 Å². The summed E-state index contributed by atoms with van der Waals surface area (Å²) in [6, 6.07) is 23.1. The zero-order chi connectivity index (χ0) is 22.8. The van der Waals surface area contributed by atoms with Crippen molar-refractivity contribution in [2.24, 2.45) is 0 Å². The van der Waals surface area contributed by atoms with Crippen LogP contribution < -0.4 is 10.9 Å². The minimum Gasteiger partial charge on any atom is -0.383 e. The molecule has 6 heteroatoms. The molecule has 0 bridgehead atoms. The Kier molecular flexibility index (Phi) is 5.77. The third-order valence-electron chi connectivity index (χ3n) is 5.69. The topological polar surface area (TPSA) is 59.8 Å². The van der Waals surface area contributed by atoms with Gasteiger partial charge in [-0.05, 0) is 46.2 Å². The first-order valence-corrected chi connectivity index (χ1v) is 11.5. The van der Waals surface area contributed by atoms with Crippen LogP contribution in [0.5, 0.6) is 0 Å². The highest BCUT2D eigenvalue weighted by Gasteiger charge is 2.19. The van der Waals surface area contributed by atoms with Gasteiger partial charge in [-0.2, -0.15) is 0 Å². The number of carbonyl (C=O) groups excluding carboxylic acids is 1. The number of hydrogen-bond acceptors (Lipinski definition) is 4. The summed E-state index contributed by atoms with van der Waals surface area (Å²) in [4.78, 5) is 26.6. The maximum absolute atomic E-state index is 13.5. The Morgan fingerprint density at radius 3 is 2.58 bits per heavy atom. The summed E-state index contributed by atoms with van der Waals surface area (Å²) in [6.45, 7) is 0.856. The minimum absolute atomic E-state index is 0.0859. The molecule has 0 unspecified atom stereocenters. The van der Waals surface area contributed by atoms with Crippen molar-refractivity contribution >= 4 is 32.8 Å². The van der Waals surface area contributed by atoms with Crippen LogP contribution in [0.3, 0.4) is 0 Å². The zero-order valence-corrected chi connectivity index (χ0v) is 18.9. The molecule has 0 radical (unpaired) electrons. The predicted molar refractivity (Wildman–Crippen MR) is 134 cm³/mol. The summed E-state index contributed by atoms with van der Waals surface area (Å²) in [6.07, 6.45) is 1.82. The first-order chi connectivity index (χ1) is 16.2. The number of aromatic nitrogens is 1. The van der Waals surface area contributed by atoms with E-state index in [0.717, 1.165) is 32.3 Å². The van der Waals surface area contributed by atoms with Crippen molar-refractivity contribution in [2.75, 3.05) is 20.3 Å². The molecule has 33 heavy (non-hydrogen) atoms. The van der Waals surface area contributed by atoms with Gasteiger partial charge in [-0.25, -0.2) is 0 Å². The number of carbonyl (C=O) groups is 1. The van der Waals surface area contributed by atoms with Gasteiger partial charge < -0.3 is 10.1 Å². The maximum Gasteiger partial charge on any atom is 0.263 e. The van der Waals surface area contributed by atoms with E-state index < -0.39 is 0 Å². The van der Waals surface area contributed by atoms with Gasteiger partial charge in [-0.15, -0.1) is 11.3 Å². The van der Waals surface area contributed by atoms with Crippen LogP contribution in [0.2, 0.25) is 0 Å².